The molecule has 0 saturated carbocycles. The van der Waals surface area contributed by atoms with E-state index in [1.807, 2.05) is 27.7 Å². The van der Waals surface area contributed by atoms with Crippen molar-refractivity contribution in [1.29, 1.82) is 0 Å². The summed E-state index contributed by atoms with van der Waals surface area (Å²) in [4.78, 5) is 24.7. The lowest BCUT2D eigenvalue weighted by Crippen LogP contribution is -2.62. The van der Waals surface area contributed by atoms with E-state index in [0.717, 1.165) is 0 Å². The molecule has 0 aromatic carbocycles. The van der Waals surface area contributed by atoms with Crippen molar-refractivity contribution in [3.05, 3.63) is 12.3 Å². The van der Waals surface area contributed by atoms with Gasteiger partial charge in [0.1, 0.15) is 5.60 Å². The molecule has 2 N–H and O–H groups in total. The van der Waals surface area contributed by atoms with Gasteiger partial charge in [0.25, 0.3) is 0 Å². The highest BCUT2D eigenvalue weighted by molar-refractivity contribution is 5.77. The summed E-state index contributed by atoms with van der Waals surface area (Å²) in [7, 11) is 0. The first-order valence-electron chi connectivity index (χ1n) is 6.44. The van der Waals surface area contributed by atoms with E-state index in [-0.39, 0.29) is 18.2 Å². The van der Waals surface area contributed by atoms with Crippen molar-refractivity contribution in [2.45, 2.75) is 45.8 Å². The van der Waals surface area contributed by atoms with Gasteiger partial charge in [0, 0.05) is 18.8 Å². The normalized spacial score (nSPS) is 15.5. The number of urea groups is 1. The van der Waals surface area contributed by atoms with Crippen molar-refractivity contribution in [2.24, 2.45) is 0 Å². The first-order chi connectivity index (χ1) is 8.71. The van der Waals surface area contributed by atoms with Gasteiger partial charge in [-0.05, 0) is 27.2 Å². The molecular formula is C13H23N3O3. The van der Waals surface area contributed by atoms with Crippen LogP contribution in [0, 0.1) is 0 Å². The third kappa shape index (κ3) is 5.19. The molecule has 0 aromatic rings. The van der Waals surface area contributed by atoms with E-state index in [9.17, 15) is 9.59 Å². The van der Waals surface area contributed by atoms with Crippen molar-refractivity contribution >= 4 is 12.1 Å². The van der Waals surface area contributed by atoms with Gasteiger partial charge in [0.05, 0.1) is 6.04 Å². The maximum Gasteiger partial charge on any atom is 0.410 e. The number of rotatable bonds is 3. The number of amides is 3. The predicted molar refractivity (Wildman–Crippen MR) is 72.7 cm³/mol. The number of hydrogen-bond acceptors (Lipinski definition) is 3. The van der Waals surface area contributed by atoms with Crippen molar-refractivity contribution in [2.75, 3.05) is 13.1 Å². The average Bonchev–Trinajstić information content (AvgIpc) is 2.19. The molecule has 0 atom stereocenters. The number of hydrogen-bond donors (Lipinski definition) is 2. The molecule has 6 nitrogen and oxygen atoms in total. The summed E-state index contributed by atoms with van der Waals surface area (Å²) < 4.78 is 5.22. The molecule has 1 aliphatic heterocycles. The van der Waals surface area contributed by atoms with E-state index >= 15 is 0 Å². The van der Waals surface area contributed by atoms with Crippen LogP contribution in [0.4, 0.5) is 9.59 Å². The molecule has 108 valence electrons. The van der Waals surface area contributed by atoms with Gasteiger partial charge >= 0.3 is 12.1 Å². The van der Waals surface area contributed by atoms with Crippen LogP contribution in [0.3, 0.4) is 0 Å². The van der Waals surface area contributed by atoms with Gasteiger partial charge in [-0.3, -0.25) is 0 Å². The number of nitrogens with zero attached hydrogens (tertiary/aromatic N) is 1. The fraction of sp³-hybridized carbons (Fsp3) is 0.692. The van der Waals surface area contributed by atoms with Crippen LogP contribution in [0.1, 0.15) is 34.1 Å². The van der Waals surface area contributed by atoms with Gasteiger partial charge in [0.15, 0.2) is 0 Å². The minimum atomic E-state index is -0.494. The lowest BCUT2D eigenvalue weighted by molar-refractivity contribution is 0.00635. The van der Waals surface area contributed by atoms with Gasteiger partial charge in [-0.2, -0.15) is 0 Å². The Morgan fingerprint density at radius 3 is 2.42 bits per heavy atom. The molecular weight excluding hydrogens is 246 g/mol. The van der Waals surface area contributed by atoms with E-state index in [1.165, 1.54) is 0 Å². The van der Waals surface area contributed by atoms with Crippen molar-refractivity contribution < 1.29 is 14.3 Å². The molecule has 1 rings (SSSR count). The van der Waals surface area contributed by atoms with E-state index in [1.54, 1.807) is 4.90 Å². The third-order valence-electron chi connectivity index (χ3n) is 2.59. The van der Waals surface area contributed by atoms with Crippen LogP contribution >= 0.6 is 0 Å². The Labute approximate surface area is 114 Å². The molecule has 0 radical (unpaired) electrons. The minimum Gasteiger partial charge on any atom is -0.444 e. The molecule has 1 heterocycles. The molecule has 0 aromatic heterocycles. The minimum absolute atomic E-state index is 0.0304. The van der Waals surface area contributed by atoms with E-state index in [0.29, 0.717) is 25.2 Å². The fourth-order valence-electron chi connectivity index (χ4n) is 1.52. The smallest absolute Gasteiger partial charge is 0.410 e. The standard InChI is InChI=1S/C13H23N3O3/c1-6-9(2)14-11(17)15-10-7-16(8-10)12(18)19-13(3,4)5/h10H,2,6-8H2,1,3-5H3,(H2,14,15,17). The molecule has 0 spiro atoms. The number of likely N-dealkylation sites (tertiary alicyclic amines) is 1. The first kappa shape index (κ1) is 15.3. The summed E-state index contributed by atoms with van der Waals surface area (Å²) in [6, 6.07) is -0.308. The van der Waals surface area contributed by atoms with Crippen LogP contribution < -0.4 is 10.6 Å². The van der Waals surface area contributed by atoms with Gasteiger partial charge in [-0.15, -0.1) is 0 Å². The Balaban J connectivity index is 2.25. The third-order valence-corrected chi connectivity index (χ3v) is 2.59. The summed E-state index contributed by atoms with van der Waals surface area (Å²) >= 11 is 0. The molecule has 6 heteroatoms. The summed E-state index contributed by atoms with van der Waals surface area (Å²) in [5.74, 6) is 0. The van der Waals surface area contributed by atoms with Crippen molar-refractivity contribution in [3.8, 4) is 0 Å². The summed E-state index contributed by atoms with van der Waals surface area (Å²) in [5.41, 5.74) is 0.173. The van der Waals surface area contributed by atoms with Crippen LogP contribution in [-0.2, 0) is 4.74 Å². The zero-order chi connectivity index (χ0) is 14.6. The van der Waals surface area contributed by atoms with Crippen molar-refractivity contribution in [1.82, 2.24) is 15.5 Å². The highest BCUT2D eigenvalue weighted by Gasteiger charge is 2.34. The van der Waals surface area contributed by atoms with Gasteiger partial charge < -0.3 is 20.3 Å². The number of carbonyl (C=O) groups excluding carboxylic acids is 2. The fourth-order valence-corrected chi connectivity index (χ4v) is 1.52. The molecule has 1 fully saturated rings. The van der Waals surface area contributed by atoms with E-state index < -0.39 is 5.60 Å². The zero-order valence-electron chi connectivity index (χ0n) is 12.1. The summed E-state index contributed by atoms with van der Waals surface area (Å²) in [6.45, 7) is 12.0. The molecule has 0 unspecified atom stereocenters. The van der Waals surface area contributed by atoms with Gasteiger partial charge in [0.2, 0.25) is 0 Å². The average molecular weight is 269 g/mol. The lowest BCUT2D eigenvalue weighted by atomic mass is 10.1. The van der Waals surface area contributed by atoms with Crippen LogP contribution in [0.5, 0.6) is 0 Å². The van der Waals surface area contributed by atoms with Crippen LogP contribution in [0.15, 0.2) is 12.3 Å². The second kappa shape index (κ2) is 5.95. The molecule has 0 aliphatic carbocycles. The topological polar surface area (TPSA) is 70.7 Å². The van der Waals surface area contributed by atoms with Gasteiger partial charge in [-0.1, -0.05) is 13.5 Å². The highest BCUT2D eigenvalue weighted by Crippen LogP contribution is 2.15. The molecule has 0 bridgehead atoms. The van der Waals surface area contributed by atoms with Crippen LogP contribution in [0.25, 0.3) is 0 Å². The first-order valence-corrected chi connectivity index (χ1v) is 6.44. The number of nitrogens with one attached hydrogen (secondary N) is 2. The Morgan fingerprint density at radius 2 is 1.95 bits per heavy atom. The highest BCUT2D eigenvalue weighted by atomic mass is 16.6. The van der Waals surface area contributed by atoms with Crippen molar-refractivity contribution in [3.63, 3.8) is 0 Å². The number of carbonyl (C=O) groups is 2. The molecule has 1 aliphatic rings. The second-order valence-corrected chi connectivity index (χ2v) is 5.64. The molecule has 19 heavy (non-hydrogen) atoms. The predicted octanol–water partition coefficient (Wildman–Crippen LogP) is 1.83. The van der Waals surface area contributed by atoms with Crippen LogP contribution in [-0.4, -0.2) is 41.8 Å². The Kier molecular flexibility index (Phi) is 4.80. The Morgan fingerprint density at radius 1 is 1.37 bits per heavy atom. The Bertz CT molecular complexity index is 368. The molecule has 3 amide bonds. The monoisotopic (exact) mass is 269 g/mol. The Hall–Kier alpha value is -1.72. The van der Waals surface area contributed by atoms with E-state index in [2.05, 4.69) is 17.2 Å². The second-order valence-electron chi connectivity index (χ2n) is 5.64. The molecule has 1 saturated heterocycles. The van der Waals surface area contributed by atoms with Crippen LogP contribution in [0.2, 0.25) is 0 Å². The largest absolute Gasteiger partial charge is 0.444 e. The number of ether oxygens (including phenoxy) is 1. The SMILES string of the molecule is C=C(CC)NC(=O)NC1CN(C(=O)OC(C)(C)C)C1. The summed E-state index contributed by atoms with van der Waals surface area (Å²) in [5, 5.41) is 5.40. The number of allylic oxidation sites excluding steroid dienone is 1. The summed E-state index contributed by atoms with van der Waals surface area (Å²) in [6.07, 6.45) is 0.353. The quantitative estimate of drug-likeness (QED) is 0.821. The van der Waals surface area contributed by atoms with Gasteiger partial charge in [-0.25, -0.2) is 9.59 Å². The van der Waals surface area contributed by atoms with E-state index in [4.69, 9.17) is 4.74 Å². The maximum absolute atomic E-state index is 11.7. The maximum atomic E-state index is 11.7. The zero-order valence-corrected chi connectivity index (χ0v) is 12.1. The lowest BCUT2D eigenvalue weighted by Gasteiger charge is -2.39.